The van der Waals surface area contributed by atoms with Gasteiger partial charge >= 0.3 is 29.6 Å². The van der Waals surface area contributed by atoms with Gasteiger partial charge in [-0.2, -0.15) is 0 Å². The van der Waals surface area contributed by atoms with E-state index in [2.05, 4.69) is 0 Å². The summed E-state index contributed by atoms with van der Waals surface area (Å²) in [6.45, 7) is 0. The van der Waals surface area contributed by atoms with Crippen molar-refractivity contribution in [3.63, 3.8) is 0 Å². The molecule has 0 saturated heterocycles. The molecule has 0 atom stereocenters. The summed E-state index contributed by atoms with van der Waals surface area (Å²) in [7, 11) is -3.97. The maximum atomic E-state index is 12.4. The summed E-state index contributed by atoms with van der Waals surface area (Å²) in [5.41, 5.74) is 0.603. The molecule has 0 aliphatic heterocycles. The molecular weight excluding hydrogens is 238 g/mol. The van der Waals surface area contributed by atoms with Gasteiger partial charge in [0, 0.05) is 5.75 Å². The number of hydrogen-bond donors (Lipinski definition) is 0. The van der Waals surface area contributed by atoms with Gasteiger partial charge in [0.1, 0.15) is 15.0 Å². The normalized spacial score (nSPS) is 10.7. The van der Waals surface area contributed by atoms with Crippen LogP contribution in [0.4, 0.5) is 4.39 Å². The first kappa shape index (κ1) is 14.4. The van der Waals surface area contributed by atoms with Crippen molar-refractivity contribution in [3.8, 4) is 0 Å². The van der Waals surface area contributed by atoms with Gasteiger partial charge in [-0.1, -0.05) is 12.1 Å². The molecule has 0 aliphatic carbocycles. The summed E-state index contributed by atoms with van der Waals surface area (Å²) in [5, 5.41) is 0. The minimum atomic E-state index is -4.26. The van der Waals surface area contributed by atoms with E-state index in [1.54, 1.807) is 0 Å². The van der Waals surface area contributed by atoms with Gasteiger partial charge in [-0.05, 0) is 28.5 Å². The predicted octanol–water partition coefficient (Wildman–Crippen LogP) is -1.48. The summed E-state index contributed by atoms with van der Waals surface area (Å²) in [6.07, 6.45) is 0. The maximum absolute atomic E-state index is 12.4. The van der Waals surface area contributed by atoms with E-state index >= 15 is 0 Å². The van der Waals surface area contributed by atoms with Crippen LogP contribution in [-0.2, 0) is 14.9 Å². The van der Waals surface area contributed by atoms with Crippen molar-refractivity contribution in [2.45, 2.75) is 5.75 Å². The van der Waals surface area contributed by atoms with Gasteiger partial charge < -0.3 is 4.55 Å². The number of rotatable bonds is 3. The van der Waals surface area contributed by atoms with Crippen LogP contribution in [0.5, 0.6) is 0 Å². The number of benzene rings is 1. The second-order valence-corrected chi connectivity index (χ2v) is 5.57. The molecule has 3 nitrogen and oxygen atoms in total. The standard InChI is InChI=1S/C7H7FO3S2.Na/c8-7-3-1-6(2-4-7)5-12-13(9,10)11;/h1-4H,5H2,(H,9,10,11);/q;+1/p-1. The van der Waals surface area contributed by atoms with E-state index in [4.69, 9.17) is 0 Å². The first-order chi connectivity index (χ1) is 5.97. The minimum Gasteiger partial charge on any atom is -0.739 e. The van der Waals surface area contributed by atoms with E-state index in [1.165, 1.54) is 24.3 Å². The fraction of sp³-hybridized carbons (Fsp3) is 0.143. The fourth-order valence-electron chi connectivity index (χ4n) is 0.721. The first-order valence-corrected chi connectivity index (χ1v) is 6.23. The summed E-state index contributed by atoms with van der Waals surface area (Å²) in [6, 6.07) is 5.31. The summed E-state index contributed by atoms with van der Waals surface area (Å²) >= 11 is 0. The van der Waals surface area contributed by atoms with Crippen LogP contribution in [0.2, 0.25) is 0 Å². The van der Waals surface area contributed by atoms with Crippen molar-refractivity contribution in [3.05, 3.63) is 35.6 Å². The Hall–Kier alpha value is 0.410. The van der Waals surface area contributed by atoms with Gasteiger partial charge in [0.05, 0.1) is 0 Å². The summed E-state index contributed by atoms with van der Waals surface area (Å²) in [5.74, 6) is -0.342. The SMILES string of the molecule is O=S(=O)([O-])SCc1ccc(F)cc1.[Na+]. The Bertz CT molecular complexity index is 376. The molecule has 0 bridgehead atoms. The van der Waals surface area contributed by atoms with Crippen molar-refractivity contribution < 1.29 is 46.9 Å². The zero-order valence-electron chi connectivity index (χ0n) is 7.44. The van der Waals surface area contributed by atoms with Gasteiger partial charge in [-0.25, -0.2) is 12.8 Å². The van der Waals surface area contributed by atoms with Gasteiger partial charge in [0.2, 0.25) is 0 Å². The summed E-state index contributed by atoms with van der Waals surface area (Å²) < 4.78 is 43.0. The Balaban J connectivity index is 0.00000169. The van der Waals surface area contributed by atoms with Crippen LogP contribution >= 0.6 is 10.8 Å². The van der Waals surface area contributed by atoms with E-state index in [1.807, 2.05) is 0 Å². The van der Waals surface area contributed by atoms with E-state index in [0.29, 0.717) is 5.56 Å². The quantitative estimate of drug-likeness (QED) is 0.370. The van der Waals surface area contributed by atoms with Gasteiger partial charge in [0.25, 0.3) is 0 Å². The van der Waals surface area contributed by atoms with E-state index in [0.717, 1.165) is 0 Å². The predicted molar refractivity (Wildman–Crippen MR) is 47.4 cm³/mol. The molecule has 72 valence electrons. The van der Waals surface area contributed by atoms with Crippen LogP contribution in [0, 0.1) is 5.82 Å². The van der Waals surface area contributed by atoms with Crippen molar-refractivity contribution in [1.29, 1.82) is 0 Å². The molecule has 0 unspecified atom stereocenters. The van der Waals surface area contributed by atoms with Crippen molar-refractivity contribution >= 4 is 19.9 Å². The molecule has 1 aromatic carbocycles. The van der Waals surface area contributed by atoms with Crippen LogP contribution in [-0.4, -0.2) is 13.0 Å². The van der Waals surface area contributed by atoms with Crippen LogP contribution in [0.3, 0.4) is 0 Å². The molecule has 7 heteroatoms. The molecule has 14 heavy (non-hydrogen) atoms. The van der Waals surface area contributed by atoms with Crippen molar-refractivity contribution in [2.75, 3.05) is 0 Å². The molecular formula is C7H6FNaO3S2. The molecule has 0 N–H and O–H groups in total. The third-order valence-corrected chi connectivity index (χ3v) is 3.24. The molecule has 0 spiro atoms. The average Bonchev–Trinajstić information content (AvgIpc) is 2.02. The third-order valence-electron chi connectivity index (χ3n) is 1.28. The van der Waals surface area contributed by atoms with Crippen molar-refractivity contribution in [2.24, 2.45) is 0 Å². The Morgan fingerprint density at radius 1 is 1.29 bits per heavy atom. The zero-order valence-corrected chi connectivity index (χ0v) is 11.1. The Morgan fingerprint density at radius 2 is 1.79 bits per heavy atom. The third kappa shape index (κ3) is 6.00. The first-order valence-electron chi connectivity index (χ1n) is 3.32. The van der Waals surface area contributed by atoms with Gasteiger partial charge in [-0.15, -0.1) is 0 Å². The monoisotopic (exact) mass is 244 g/mol. The Labute approximate surface area is 108 Å². The van der Waals surface area contributed by atoms with Gasteiger partial charge in [-0.3, -0.25) is 0 Å². The van der Waals surface area contributed by atoms with E-state index in [-0.39, 0.29) is 46.1 Å². The average molecular weight is 244 g/mol. The van der Waals surface area contributed by atoms with Crippen molar-refractivity contribution in [1.82, 2.24) is 0 Å². The van der Waals surface area contributed by atoms with E-state index in [9.17, 15) is 17.4 Å². The zero-order chi connectivity index (χ0) is 9.90. The maximum Gasteiger partial charge on any atom is 1.00 e. The molecule has 0 saturated carbocycles. The van der Waals surface area contributed by atoms with Crippen LogP contribution in [0.15, 0.2) is 24.3 Å². The molecule has 0 heterocycles. The molecule has 1 aromatic rings. The summed E-state index contributed by atoms with van der Waals surface area (Å²) in [4.78, 5) is 0. The molecule has 0 aromatic heterocycles. The second-order valence-electron chi connectivity index (χ2n) is 2.30. The molecule has 0 aliphatic rings. The Kier molecular flexibility index (Phi) is 6.27. The molecule has 0 amide bonds. The topological polar surface area (TPSA) is 57.2 Å². The Morgan fingerprint density at radius 3 is 2.21 bits per heavy atom. The largest absolute Gasteiger partial charge is 1.00 e. The second kappa shape index (κ2) is 6.09. The van der Waals surface area contributed by atoms with Crippen LogP contribution in [0.25, 0.3) is 0 Å². The number of hydrogen-bond acceptors (Lipinski definition) is 4. The fourth-order valence-corrected chi connectivity index (χ4v) is 2.03. The smallest absolute Gasteiger partial charge is 0.739 e. The molecule has 0 fully saturated rings. The minimum absolute atomic E-state index is 0. The van der Waals surface area contributed by atoms with Crippen LogP contribution in [0.1, 0.15) is 5.56 Å². The molecule has 1 rings (SSSR count). The van der Waals surface area contributed by atoms with Gasteiger partial charge in [0.15, 0.2) is 0 Å². The van der Waals surface area contributed by atoms with Crippen LogP contribution < -0.4 is 29.6 Å². The molecule has 0 radical (unpaired) electrons. The number of halogens is 1. The van der Waals surface area contributed by atoms with E-state index < -0.39 is 15.0 Å².